The van der Waals surface area contributed by atoms with Crippen molar-refractivity contribution >= 4 is 33.7 Å². The second-order valence-electron chi connectivity index (χ2n) is 13.4. The van der Waals surface area contributed by atoms with E-state index in [4.69, 9.17) is 15.0 Å². The van der Waals surface area contributed by atoms with Gasteiger partial charge in [0.25, 0.3) is 0 Å². The minimum atomic E-state index is 0. The molecule has 3 aliphatic heterocycles. The Balaban J connectivity index is 0.00000397. The SMILES string of the molecule is Oc1c2c3cccccc-3c1C(c1ccccc1)=C1C=CC(=N1)C(c1ccccc1)=c1ccc([n-]1)=C(c1ccccc1)C1=NC(=C2c2ccccc2)C=C1.[Cu+]. The van der Waals surface area contributed by atoms with Crippen LogP contribution in [-0.2, 0) is 17.1 Å². The predicted octanol–water partition coefficient (Wildman–Crippen LogP) is 9.10. The second-order valence-corrected chi connectivity index (χ2v) is 13.4. The standard InChI is InChI=1S/C50H32N3O.Cu/c54-50-48-36-24-14-5-15-25-37(36)49(50)47(35-22-12-4-13-23-35)43-31-29-41(53-43)45(33-18-8-2-9-19-33)39-27-26-38(51-39)44(32-16-6-1-7-17-32)40-28-30-42(52-40)46(48)34-20-10-3-11-21-34;/h1-31H,(H-,51,52,53,54);/q-1;+1. The Morgan fingerprint density at radius 2 is 0.691 bits per heavy atom. The van der Waals surface area contributed by atoms with Gasteiger partial charge in [0, 0.05) is 22.3 Å². The normalized spacial score (nSPS) is 14.7. The maximum atomic E-state index is 12.9. The Hall–Kier alpha value is -6.78. The molecular formula is C50H32CuN3O. The number of rotatable bonds is 4. The zero-order valence-corrected chi connectivity index (χ0v) is 30.4. The summed E-state index contributed by atoms with van der Waals surface area (Å²) in [5, 5.41) is 14.5. The molecule has 4 heterocycles. The summed E-state index contributed by atoms with van der Waals surface area (Å²) in [4.78, 5) is 16.1. The quantitative estimate of drug-likeness (QED) is 0.183. The minimum Gasteiger partial charge on any atom is -0.657 e. The number of aliphatic imine (C=N–C) groups is 2. The van der Waals surface area contributed by atoms with Gasteiger partial charge in [0.05, 0.1) is 22.8 Å². The molecule has 5 aromatic rings. The molecule has 0 saturated heterocycles. The van der Waals surface area contributed by atoms with Crippen molar-refractivity contribution in [2.24, 2.45) is 9.98 Å². The zero-order chi connectivity index (χ0) is 36.0. The van der Waals surface area contributed by atoms with E-state index in [1.54, 1.807) is 0 Å². The van der Waals surface area contributed by atoms with Crippen LogP contribution in [0.25, 0.3) is 33.4 Å². The van der Waals surface area contributed by atoms with E-state index in [1.165, 1.54) is 0 Å². The summed E-state index contributed by atoms with van der Waals surface area (Å²) < 4.78 is 0. The van der Waals surface area contributed by atoms with Gasteiger partial charge in [-0.1, -0.05) is 164 Å². The molecule has 5 aliphatic rings. The average molecular weight is 754 g/mol. The molecule has 1 N–H and O–H groups in total. The van der Waals surface area contributed by atoms with Gasteiger partial charge in [0.15, 0.2) is 0 Å². The van der Waals surface area contributed by atoms with Gasteiger partial charge in [-0.05, 0) is 68.8 Å². The molecule has 1 aromatic heterocycles. The van der Waals surface area contributed by atoms with E-state index in [-0.39, 0.29) is 22.8 Å². The van der Waals surface area contributed by atoms with E-state index in [2.05, 4.69) is 97.1 Å². The molecule has 0 saturated carbocycles. The minimum absolute atomic E-state index is 0. The molecule has 0 radical (unpaired) electrons. The van der Waals surface area contributed by atoms with Crippen LogP contribution in [0.3, 0.4) is 0 Å². The summed E-state index contributed by atoms with van der Waals surface area (Å²) in [6.07, 6.45) is 8.28. The third-order valence-corrected chi connectivity index (χ3v) is 10.3. The van der Waals surface area contributed by atoms with Crippen molar-refractivity contribution in [2.45, 2.75) is 0 Å². The summed E-state index contributed by atoms with van der Waals surface area (Å²) in [6.45, 7) is 0. The van der Waals surface area contributed by atoms with Gasteiger partial charge < -0.3 is 10.1 Å². The topological polar surface area (TPSA) is 59.1 Å². The maximum Gasteiger partial charge on any atom is 1.00 e. The van der Waals surface area contributed by atoms with Gasteiger partial charge in [0.1, 0.15) is 5.75 Å². The molecule has 8 bridgehead atoms. The molecule has 4 nitrogen and oxygen atoms in total. The van der Waals surface area contributed by atoms with Gasteiger partial charge in [-0.25, -0.2) is 9.98 Å². The molecule has 10 rings (SSSR count). The molecule has 4 aromatic carbocycles. The fourth-order valence-electron chi connectivity index (χ4n) is 7.91. The largest absolute Gasteiger partial charge is 1.00 e. The Kier molecular flexibility index (Phi) is 8.80. The van der Waals surface area contributed by atoms with Crippen LogP contribution in [-0.4, -0.2) is 16.5 Å². The first-order valence-corrected chi connectivity index (χ1v) is 18.1. The first-order chi connectivity index (χ1) is 26.7. The first kappa shape index (κ1) is 34.0. The van der Waals surface area contributed by atoms with Gasteiger partial charge in [-0.2, -0.15) is 0 Å². The third kappa shape index (κ3) is 5.87. The van der Waals surface area contributed by atoms with Crippen LogP contribution in [0.2, 0.25) is 0 Å². The maximum absolute atomic E-state index is 12.9. The Bertz CT molecular complexity index is 2700. The summed E-state index contributed by atoms with van der Waals surface area (Å²) in [5.74, 6) is 0.190. The van der Waals surface area contributed by atoms with Gasteiger partial charge in [-0.3, -0.25) is 0 Å². The van der Waals surface area contributed by atoms with E-state index < -0.39 is 0 Å². The molecule has 5 heteroatoms. The molecule has 55 heavy (non-hydrogen) atoms. The molecule has 2 aliphatic carbocycles. The summed E-state index contributed by atoms with van der Waals surface area (Å²) in [6, 6.07) is 55.6. The van der Waals surface area contributed by atoms with Gasteiger partial charge >= 0.3 is 17.1 Å². The van der Waals surface area contributed by atoms with Crippen LogP contribution in [0, 0.1) is 0 Å². The molecule has 0 spiro atoms. The molecule has 0 atom stereocenters. The smallest absolute Gasteiger partial charge is 0.657 e. The number of nitrogens with zero attached hydrogens (tertiary/aromatic N) is 3. The third-order valence-electron chi connectivity index (χ3n) is 10.3. The Morgan fingerprint density at radius 1 is 0.364 bits per heavy atom. The fourth-order valence-corrected chi connectivity index (χ4v) is 7.91. The van der Waals surface area contributed by atoms with Crippen molar-refractivity contribution in [3.8, 4) is 16.9 Å². The molecule has 0 amide bonds. The van der Waals surface area contributed by atoms with Crippen molar-refractivity contribution in [2.75, 3.05) is 0 Å². The average Bonchev–Trinajstić information content (AvgIpc) is 4.02. The van der Waals surface area contributed by atoms with E-state index in [0.717, 1.165) is 100 Å². The fraction of sp³-hybridized carbons (Fsp3) is 0. The zero-order valence-electron chi connectivity index (χ0n) is 29.5. The summed E-state index contributed by atoms with van der Waals surface area (Å²) in [7, 11) is 0. The molecule has 0 unspecified atom stereocenters. The Labute approximate surface area is 329 Å². The number of fused-ring (bicyclic) bond motifs is 9. The van der Waals surface area contributed by atoms with E-state index in [9.17, 15) is 5.11 Å². The van der Waals surface area contributed by atoms with Crippen molar-refractivity contribution in [1.82, 2.24) is 4.98 Å². The van der Waals surface area contributed by atoms with Crippen LogP contribution >= 0.6 is 0 Å². The number of benzene rings is 4. The summed E-state index contributed by atoms with van der Waals surface area (Å²) >= 11 is 0. The summed E-state index contributed by atoms with van der Waals surface area (Å²) in [5.41, 5.74) is 13.9. The molecule has 264 valence electrons. The number of allylic oxidation sites excluding steroid dienone is 4. The van der Waals surface area contributed by atoms with Gasteiger partial charge in [-0.15, -0.1) is 10.7 Å². The van der Waals surface area contributed by atoms with E-state index in [0.29, 0.717) is 0 Å². The monoisotopic (exact) mass is 753 g/mol. The Morgan fingerprint density at radius 3 is 1.05 bits per heavy atom. The second kappa shape index (κ2) is 14.2. The van der Waals surface area contributed by atoms with Crippen LogP contribution in [0.4, 0.5) is 0 Å². The molecule has 0 fully saturated rings. The number of hydrogen-bond donors (Lipinski definition) is 1. The number of aromatic nitrogens is 1. The van der Waals surface area contributed by atoms with Crippen LogP contribution in [0.5, 0.6) is 5.75 Å². The van der Waals surface area contributed by atoms with E-state index in [1.807, 2.05) is 91.0 Å². The van der Waals surface area contributed by atoms with E-state index >= 15 is 0 Å². The van der Waals surface area contributed by atoms with Crippen molar-refractivity contribution < 1.29 is 22.2 Å². The van der Waals surface area contributed by atoms with Crippen molar-refractivity contribution in [1.29, 1.82) is 0 Å². The van der Waals surface area contributed by atoms with Crippen molar-refractivity contribution in [3.05, 3.63) is 244 Å². The van der Waals surface area contributed by atoms with Crippen LogP contribution < -0.4 is 15.7 Å². The number of aromatic hydroxyl groups is 1. The van der Waals surface area contributed by atoms with Crippen LogP contribution in [0.15, 0.2) is 209 Å². The number of hydrogen-bond acceptors (Lipinski definition) is 3. The van der Waals surface area contributed by atoms with Crippen molar-refractivity contribution in [3.63, 3.8) is 0 Å². The predicted molar refractivity (Wildman–Crippen MR) is 220 cm³/mol. The van der Waals surface area contributed by atoms with Gasteiger partial charge in [0.2, 0.25) is 0 Å². The van der Waals surface area contributed by atoms with Crippen LogP contribution in [0.1, 0.15) is 33.4 Å². The molecular weight excluding hydrogens is 722 g/mol. The first-order valence-electron chi connectivity index (χ1n) is 18.1.